The Balaban J connectivity index is 1.99. The van der Waals surface area contributed by atoms with Gasteiger partial charge in [0, 0.05) is 19.4 Å². The third-order valence-electron chi connectivity index (χ3n) is 3.28. The van der Waals surface area contributed by atoms with Crippen LogP contribution < -0.4 is 0 Å². The Kier molecular flexibility index (Phi) is 3.36. The molecule has 1 saturated carbocycles. The fourth-order valence-electron chi connectivity index (χ4n) is 2.49. The highest BCUT2D eigenvalue weighted by atomic mass is 16.6. The predicted octanol–water partition coefficient (Wildman–Crippen LogP) is 1.75. The maximum absolute atomic E-state index is 12.0. The Labute approximate surface area is 107 Å². The first-order valence-corrected chi connectivity index (χ1v) is 6.43. The number of Topliss-reactive ketones (excluding diaryl/α,β-unsaturated/α-hetero) is 1. The molecule has 1 aliphatic carbocycles. The number of hydrogen-bond acceptors (Lipinski definition) is 4. The Morgan fingerprint density at radius 2 is 2.17 bits per heavy atom. The molecule has 2 rings (SSSR count). The summed E-state index contributed by atoms with van der Waals surface area (Å²) in [5, 5.41) is 0. The van der Waals surface area contributed by atoms with Crippen LogP contribution in [0.2, 0.25) is 0 Å². The van der Waals surface area contributed by atoms with Gasteiger partial charge in [-0.1, -0.05) is 0 Å². The largest absolute Gasteiger partial charge is 0.444 e. The quantitative estimate of drug-likeness (QED) is 0.661. The van der Waals surface area contributed by atoms with Gasteiger partial charge in [-0.15, -0.1) is 0 Å². The van der Waals surface area contributed by atoms with Crippen molar-refractivity contribution in [2.75, 3.05) is 19.7 Å². The molecular weight excluding hydrogens is 234 g/mol. The van der Waals surface area contributed by atoms with Gasteiger partial charge >= 0.3 is 6.09 Å². The van der Waals surface area contributed by atoms with Crippen molar-refractivity contribution in [3.63, 3.8) is 0 Å². The van der Waals surface area contributed by atoms with Crippen LogP contribution in [-0.2, 0) is 14.3 Å². The van der Waals surface area contributed by atoms with Crippen LogP contribution in [0.1, 0.15) is 40.0 Å². The molecule has 1 atom stereocenters. The Morgan fingerprint density at radius 1 is 1.44 bits per heavy atom. The molecule has 2 fully saturated rings. The summed E-state index contributed by atoms with van der Waals surface area (Å²) in [4.78, 5) is 25.1. The van der Waals surface area contributed by atoms with E-state index in [2.05, 4.69) is 0 Å². The predicted molar refractivity (Wildman–Crippen MR) is 65.3 cm³/mol. The molecule has 18 heavy (non-hydrogen) atoms. The molecule has 102 valence electrons. The standard InChI is InChI=1S/C13H21NO4/c1-12(2,3)18-11(16)14-6-7-17-13(9-14)5-4-10(15)8-13/h4-9H2,1-3H3. The van der Waals surface area contributed by atoms with E-state index in [4.69, 9.17) is 9.47 Å². The molecule has 5 nitrogen and oxygen atoms in total. The number of ketones is 1. The molecule has 0 radical (unpaired) electrons. The van der Waals surface area contributed by atoms with Gasteiger partial charge in [-0.2, -0.15) is 0 Å². The highest BCUT2D eigenvalue weighted by Gasteiger charge is 2.44. The van der Waals surface area contributed by atoms with Crippen LogP contribution in [0.25, 0.3) is 0 Å². The lowest BCUT2D eigenvalue weighted by Gasteiger charge is -2.40. The van der Waals surface area contributed by atoms with Gasteiger partial charge in [0.15, 0.2) is 0 Å². The van der Waals surface area contributed by atoms with Crippen LogP contribution in [0.4, 0.5) is 4.79 Å². The number of nitrogens with zero attached hydrogens (tertiary/aromatic N) is 1. The molecule has 0 bridgehead atoms. The summed E-state index contributed by atoms with van der Waals surface area (Å²) in [5.74, 6) is 0.223. The van der Waals surface area contributed by atoms with Crippen LogP contribution >= 0.6 is 0 Å². The van der Waals surface area contributed by atoms with Crippen molar-refractivity contribution in [2.24, 2.45) is 0 Å². The zero-order valence-electron chi connectivity index (χ0n) is 11.3. The number of morpholine rings is 1. The topological polar surface area (TPSA) is 55.8 Å². The highest BCUT2D eigenvalue weighted by Crippen LogP contribution is 2.34. The molecule has 0 aromatic heterocycles. The van der Waals surface area contributed by atoms with E-state index >= 15 is 0 Å². The molecule has 0 aromatic carbocycles. The minimum absolute atomic E-state index is 0.223. The van der Waals surface area contributed by atoms with E-state index in [0.717, 1.165) is 0 Å². The summed E-state index contributed by atoms with van der Waals surface area (Å²) >= 11 is 0. The third-order valence-corrected chi connectivity index (χ3v) is 3.28. The molecule has 5 heteroatoms. The minimum Gasteiger partial charge on any atom is -0.444 e. The number of rotatable bonds is 0. The van der Waals surface area contributed by atoms with Gasteiger partial charge in [-0.25, -0.2) is 4.79 Å². The number of amides is 1. The molecule has 1 saturated heterocycles. The minimum atomic E-state index is -0.492. The second-order valence-electron chi connectivity index (χ2n) is 6.15. The lowest BCUT2D eigenvalue weighted by molar-refractivity contribution is -0.125. The van der Waals surface area contributed by atoms with Crippen molar-refractivity contribution < 1.29 is 19.1 Å². The summed E-state index contributed by atoms with van der Waals surface area (Å²) in [6.45, 7) is 7.02. The van der Waals surface area contributed by atoms with Crippen molar-refractivity contribution in [2.45, 2.75) is 51.2 Å². The molecule has 1 spiro atoms. The van der Waals surface area contributed by atoms with Crippen LogP contribution in [0.3, 0.4) is 0 Å². The van der Waals surface area contributed by atoms with Gasteiger partial charge in [-0.3, -0.25) is 4.79 Å². The number of carbonyl (C=O) groups is 2. The normalized spacial score (nSPS) is 28.8. The van der Waals surface area contributed by atoms with Crippen molar-refractivity contribution in [3.8, 4) is 0 Å². The van der Waals surface area contributed by atoms with Gasteiger partial charge in [0.05, 0.1) is 18.8 Å². The van der Waals surface area contributed by atoms with Crippen molar-refractivity contribution >= 4 is 11.9 Å². The maximum atomic E-state index is 12.0. The lowest BCUT2D eigenvalue weighted by atomic mass is 10.00. The lowest BCUT2D eigenvalue weighted by Crippen LogP contribution is -2.53. The molecule has 1 unspecified atom stereocenters. The molecule has 1 aliphatic heterocycles. The number of hydrogen-bond donors (Lipinski definition) is 0. The van der Waals surface area contributed by atoms with E-state index in [9.17, 15) is 9.59 Å². The van der Waals surface area contributed by atoms with E-state index in [1.165, 1.54) is 0 Å². The molecule has 0 N–H and O–H groups in total. The Morgan fingerprint density at radius 3 is 2.72 bits per heavy atom. The second kappa shape index (κ2) is 4.53. The van der Waals surface area contributed by atoms with E-state index in [1.807, 2.05) is 20.8 Å². The van der Waals surface area contributed by atoms with Gasteiger partial charge in [0.25, 0.3) is 0 Å². The van der Waals surface area contributed by atoms with E-state index < -0.39 is 11.2 Å². The Bertz CT molecular complexity index is 360. The van der Waals surface area contributed by atoms with Gasteiger partial charge in [0.1, 0.15) is 11.4 Å². The molecule has 1 heterocycles. The average molecular weight is 255 g/mol. The van der Waals surface area contributed by atoms with Gasteiger partial charge < -0.3 is 14.4 Å². The monoisotopic (exact) mass is 255 g/mol. The van der Waals surface area contributed by atoms with Crippen molar-refractivity contribution in [1.82, 2.24) is 4.90 Å². The van der Waals surface area contributed by atoms with E-state index in [1.54, 1.807) is 4.90 Å². The smallest absolute Gasteiger partial charge is 0.410 e. The van der Waals surface area contributed by atoms with Crippen molar-refractivity contribution in [3.05, 3.63) is 0 Å². The fraction of sp³-hybridized carbons (Fsp3) is 0.846. The molecule has 1 amide bonds. The zero-order chi connectivity index (χ0) is 13.4. The highest BCUT2D eigenvalue weighted by molar-refractivity contribution is 5.82. The first-order chi connectivity index (χ1) is 8.30. The summed E-state index contributed by atoms with van der Waals surface area (Å²) in [7, 11) is 0. The molecule has 0 aromatic rings. The molecule has 2 aliphatic rings. The summed E-state index contributed by atoms with van der Waals surface area (Å²) in [5.41, 5.74) is -0.944. The van der Waals surface area contributed by atoms with E-state index in [0.29, 0.717) is 39.0 Å². The van der Waals surface area contributed by atoms with Crippen LogP contribution in [0.5, 0.6) is 0 Å². The molecular formula is C13H21NO4. The first kappa shape index (κ1) is 13.3. The van der Waals surface area contributed by atoms with Crippen molar-refractivity contribution in [1.29, 1.82) is 0 Å². The second-order valence-corrected chi connectivity index (χ2v) is 6.15. The van der Waals surface area contributed by atoms with E-state index in [-0.39, 0.29) is 11.9 Å². The number of ether oxygens (including phenoxy) is 2. The Hall–Kier alpha value is -1.10. The third kappa shape index (κ3) is 3.02. The summed E-state index contributed by atoms with van der Waals surface area (Å²) < 4.78 is 11.1. The van der Waals surface area contributed by atoms with Gasteiger partial charge in [0.2, 0.25) is 0 Å². The average Bonchev–Trinajstić information content (AvgIpc) is 2.57. The van der Waals surface area contributed by atoms with Crippen LogP contribution in [0, 0.1) is 0 Å². The van der Waals surface area contributed by atoms with Crippen LogP contribution in [-0.4, -0.2) is 47.7 Å². The maximum Gasteiger partial charge on any atom is 0.410 e. The first-order valence-electron chi connectivity index (χ1n) is 6.43. The zero-order valence-corrected chi connectivity index (χ0v) is 11.3. The SMILES string of the molecule is CC(C)(C)OC(=O)N1CCOC2(CCC(=O)C2)C1. The summed E-state index contributed by atoms with van der Waals surface area (Å²) in [6, 6.07) is 0. The van der Waals surface area contributed by atoms with Gasteiger partial charge in [-0.05, 0) is 27.2 Å². The number of carbonyl (C=O) groups excluding carboxylic acids is 2. The summed E-state index contributed by atoms with van der Waals surface area (Å²) in [6.07, 6.45) is 1.38. The van der Waals surface area contributed by atoms with Crippen LogP contribution in [0.15, 0.2) is 0 Å². The fourth-order valence-corrected chi connectivity index (χ4v) is 2.49.